The van der Waals surface area contributed by atoms with Crippen LogP contribution in [0.15, 0.2) is 71.3 Å². The average molecular weight is 382 g/mol. The van der Waals surface area contributed by atoms with Gasteiger partial charge in [0.2, 0.25) is 0 Å². The molecule has 0 spiro atoms. The molecule has 29 heavy (non-hydrogen) atoms. The third-order valence-corrected chi connectivity index (χ3v) is 4.99. The van der Waals surface area contributed by atoms with Gasteiger partial charge in [0.05, 0.1) is 22.9 Å². The Hall–Kier alpha value is -3.93. The highest BCUT2D eigenvalue weighted by Gasteiger charge is 2.20. The van der Waals surface area contributed by atoms with Crippen molar-refractivity contribution in [1.29, 1.82) is 0 Å². The maximum absolute atomic E-state index is 13.2. The number of aromatic nitrogens is 3. The Morgan fingerprint density at radius 1 is 1.03 bits per heavy atom. The van der Waals surface area contributed by atoms with Gasteiger partial charge in [0.1, 0.15) is 5.69 Å². The molecule has 0 saturated carbocycles. The van der Waals surface area contributed by atoms with Crippen LogP contribution >= 0.6 is 0 Å². The minimum absolute atomic E-state index is 0.211. The summed E-state index contributed by atoms with van der Waals surface area (Å²) >= 11 is 0. The van der Waals surface area contributed by atoms with Crippen molar-refractivity contribution in [3.05, 3.63) is 78.2 Å². The van der Waals surface area contributed by atoms with E-state index < -0.39 is 0 Å². The van der Waals surface area contributed by atoms with Gasteiger partial charge in [0, 0.05) is 12.7 Å². The number of benzene rings is 2. The first-order valence-corrected chi connectivity index (χ1v) is 9.28. The Kier molecular flexibility index (Phi) is 3.91. The molecule has 3 aromatic heterocycles. The summed E-state index contributed by atoms with van der Waals surface area (Å²) in [5.74, 6) is 0.391. The number of nitrogens with zero attached hydrogens (tertiary/aromatic N) is 3. The van der Waals surface area contributed by atoms with E-state index in [9.17, 15) is 4.79 Å². The topological polar surface area (TPSA) is 73.0 Å². The van der Waals surface area contributed by atoms with E-state index in [1.807, 2.05) is 62.5 Å². The molecule has 5 rings (SSSR count). The summed E-state index contributed by atoms with van der Waals surface area (Å²) in [6.45, 7) is 1.88. The highest BCUT2D eigenvalue weighted by atomic mass is 16.3. The Morgan fingerprint density at radius 3 is 2.66 bits per heavy atom. The second kappa shape index (κ2) is 6.60. The van der Waals surface area contributed by atoms with Crippen LogP contribution in [0.25, 0.3) is 33.3 Å². The van der Waals surface area contributed by atoms with Crippen LogP contribution in [-0.2, 0) is 7.05 Å². The number of anilines is 1. The van der Waals surface area contributed by atoms with Crippen LogP contribution in [-0.4, -0.2) is 20.7 Å². The van der Waals surface area contributed by atoms with Crippen molar-refractivity contribution < 1.29 is 9.21 Å². The quantitative estimate of drug-likeness (QED) is 0.480. The van der Waals surface area contributed by atoms with Crippen LogP contribution in [0.5, 0.6) is 0 Å². The van der Waals surface area contributed by atoms with E-state index >= 15 is 0 Å². The van der Waals surface area contributed by atoms with E-state index in [2.05, 4.69) is 15.4 Å². The minimum Gasteiger partial charge on any atom is -0.463 e. The summed E-state index contributed by atoms with van der Waals surface area (Å²) in [7, 11) is 1.82. The Balaban J connectivity index is 1.61. The number of hydrogen-bond acceptors (Lipinski definition) is 4. The predicted molar refractivity (Wildman–Crippen MR) is 113 cm³/mol. The average Bonchev–Trinajstić information content (AvgIpc) is 3.36. The number of carbonyl (C=O) groups is 1. The Labute approximate surface area is 166 Å². The molecular formula is C23H18N4O2. The summed E-state index contributed by atoms with van der Waals surface area (Å²) in [6.07, 6.45) is 1.59. The third kappa shape index (κ3) is 2.95. The van der Waals surface area contributed by atoms with Crippen LogP contribution in [0.1, 0.15) is 16.1 Å². The summed E-state index contributed by atoms with van der Waals surface area (Å²) in [5, 5.41) is 10.4. The van der Waals surface area contributed by atoms with E-state index in [1.54, 1.807) is 23.1 Å². The SMILES string of the molecule is Cc1nn(C)c2nc(-c3ccco3)cc(C(=O)Nc3ccc4ccccc4c3)c12. The van der Waals surface area contributed by atoms with E-state index in [-0.39, 0.29) is 5.91 Å². The fraction of sp³-hybridized carbons (Fsp3) is 0.0870. The molecule has 5 aromatic rings. The van der Waals surface area contributed by atoms with Crippen LogP contribution < -0.4 is 5.32 Å². The lowest BCUT2D eigenvalue weighted by Crippen LogP contribution is -2.13. The molecule has 0 fully saturated rings. The molecule has 6 nitrogen and oxygen atoms in total. The molecule has 0 aliphatic heterocycles. The largest absolute Gasteiger partial charge is 0.463 e. The normalized spacial score (nSPS) is 11.2. The Morgan fingerprint density at radius 2 is 1.86 bits per heavy atom. The predicted octanol–water partition coefficient (Wildman–Crippen LogP) is 4.94. The van der Waals surface area contributed by atoms with Crippen LogP contribution in [0.2, 0.25) is 0 Å². The fourth-order valence-corrected chi connectivity index (χ4v) is 3.64. The van der Waals surface area contributed by atoms with Gasteiger partial charge in [-0.2, -0.15) is 5.10 Å². The third-order valence-electron chi connectivity index (χ3n) is 4.99. The lowest BCUT2D eigenvalue weighted by atomic mass is 10.1. The first-order valence-electron chi connectivity index (χ1n) is 9.28. The van der Waals surface area contributed by atoms with E-state index in [0.717, 1.165) is 27.5 Å². The molecule has 1 amide bonds. The lowest BCUT2D eigenvalue weighted by molar-refractivity contribution is 0.102. The van der Waals surface area contributed by atoms with Gasteiger partial charge in [-0.05, 0) is 48.0 Å². The van der Waals surface area contributed by atoms with Crippen molar-refractivity contribution in [3.63, 3.8) is 0 Å². The molecular weight excluding hydrogens is 364 g/mol. The molecule has 0 atom stereocenters. The van der Waals surface area contributed by atoms with E-state index in [0.29, 0.717) is 22.7 Å². The zero-order chi connectivity index (χ0) is 20.0. The zero-order valence-corrected chi connectivity index (χ0v) is 16.0. The number of furan rings is 1. The zero-order valence-electron chi connectivity index (χ0n) is 16.0. The van der Waals surface area contributed by atoms with Gasteiger partial charge in [-0.25, -0.2) is 4.98 Å². The number of carbonyl (C=O) groups excluding carboxylic acids is 1. The van der Waals surface area contributed by atoms with Crippen LogP contribution in [0, 0.1) is 6.92 Å². The second-order valence-electron chi connectivity index (χ2n) is 6.96. The molecule has 0 bridgehead atoms. The Bertz CT molecular complexity index is 1370. The lowest BCUT2D eigenvalue weighted by Gasteiger charge is -2.09. The smallest absolute Gasteiger partial charge is 0.256 e. The summed E-state index contributed by atoms with van der Waals surface area (Å²) in [4.78, 5) is 17.9. The number of rotatable bonds is 3. The molecule has 3 heterocycles. The van der Waals surface area contributed by atoms with Gasteiger partial charge in [-0.15, -0.1) is 0 Å². The maximum atomic E-state index is 13.2. The molecule has 0 aliphatic carbocycles. The van der Waals surface area contributed by atoms with Gasteiger partial charge in [-0.3, -0.25) is 9.48 Å². The van der Waals surface area contributed by atoms with Crippen molar-refractivity contribution >= 4 is 33.4 Å². The summed E-state index contributed by atoms with van der Waals surface area (Å²) < 4.78 is 7.18. The van der Waals surface area contributed by atoms with Crippen molar-refractivity contribution in [3.8, 4) is 11.5 Å². The molecule has 0 aliphatic rings. The van der Waals surface area contributed by atoms with Crippen LogP contribution in [0.4, 0.5) is 5.69 Å². The molecule has 1 N–H and O–H groups in total. The number of hydrogen-bond donors (Lipinski definition) is 1. The van der Waals surface area contributed by atoms with E-state index in [4.69, 9.17) is 4.42 Å². The first-order chi connectivity index (χ1) is 14.1. The molecule has 6 heteroatoms. The number of pyridine rings is 1. The highest BCUT2D eigenvalue weighted by molar-refractivity contribution is 6.13. The van der Waals surface area contributed by atoms with Crippen LogP contribution in [0.3, 0.4) is 0 Å². The van der Waals surface area contributed by atoms with E-state index in [1.165, 1.54) is 0 Å². The monoisotopic (exact) mass is 382 g/mol. The first kappa shape index (κ1) is 17.2. The summed E-state index contributed by atoms with van der Waals surface area (Å²) in [6, 6.07) is 19.3. The van der Waals surface area contributed by atoms with Crippen molar-refractivity contribution in [2.75, 3.05) is 5.32 Å². The number of nitrogens with one attached hydrogen (secondary N) is 1. The van der Waals surface area contributed by atoms with Crippen molar-refractivity contribution in [2.24, 2.45) is 7.05 Å². The van der Waals surface area contributed by atoms with Gasteiger partial charge in [0.25, 0.3) is 5.91 Å². The van der Waals surface area contributed by atoms with Crippen molar-refractivity contribution in [1.82, 2.24) is 14.8 Å². The minimum atomic E-state index is -0.211. The number of aryl methyl sites for hydroxylation is 2. The van der Waals surface area contributed by atoms with Gasteiger partial charge < -0.3 is 9.73 Å². The number of amides is 1. The van der Waals surface area contributed by atoms with Gasteiger partial charge in [0.15, 0.2) is 11.4 Å². The maximum Gasteiger partial charge on any atom is 0.256 e. The van der Waals surface area contributed by atoms with Gasteiger partial charge in [-0.1, -0.05) is 30.3 Å². The molecule has 142 valence electrons. The fourth-order valence-electron chi connectivity index (χ4n) is 3.64. The standard InChI is InChI=1S/C23H18N4O2/c1-14-21-18(13-19(20-8-5-11-29-20)25-22(21)27(2)26-14)23(28)24-17-10-9-15-6-3-4-7-16(15)12-17/h3-13H,1-2H3,(H,24,28). The van der Waals surface area contributed by atoms with Crippen molar-refractivity contribution in [2.45, 2.75) is 6.92 Å². The molecule has 0 saturated heterocycles. The molecule has 0 unspecified atom stereocenters. The molecule has 0 radical (unpaired) electrons. The molecule has 2 aromatic carbocycles. The number of fused-ring (bicyclic) bond motifs is 2. The highest BCUT2D eigenvalue weighted by Crippen LogP contribution is 2.28. The van der Waals surface area contributed by atoms with Gasteiger partial charge >= 0.3 is 0 Å². The second-order valence-corrected chi connectivity index (χ2v) is 6.96. The summed E-state index contributed by atoms with van der Waals surface area (Å²) in [5.41, 5.74) is 3.23.